The molecule has 0 radical (unpaired) electrons. The van der Waals surface area contributed by atoms with E-state index >= 15 is 0 Å². The smallest absolute Gasteiger partial charge is 0.254 e. The second kappa shape index (κ2) is 7.41. The van der Waals surface area contributed by atoms with E-state index in [9.17, 15) is 4.79 Å². The van der Waals surface area contributed by atoms with Crippen LogP contribution in [0.15, 0.2) is 24.3 Å². The van der Waals surface area contributed by atoms with Gasteiger partial charge in [0.05, 0.1) is 6.61 Å². The molecule has 0 heterocycles. The van der Waals surface area contributed by atoms with Gasteiger partial charge in [0.25, 0.3) is 5.91 Å². The van der Waals surface area contributed by atoms with Gasteiger partial charge in [0, 0.05) is 31.9 Å². The lowest BCUT2D eigenvalue weighted by Crippen LogP contribution is -2.45. The van der Waals surface area contributed by atoms with Gasteiger partial charge in [-0.05, 0) is 37.3 Å². The molecule has 0 unspecified atom stereocenters. The predicted octanol–water partition coefficient (Wildman–Crippen LogP) is 2.21. The molecular formula is C16H23NO3. The number of aliphatic hydroxyl groups is 1. The lowest BCUT2D eigenvalue weighted by molar-refractivity contribution is 0.0558. The first-order valence-electron chi connectivity index (χ1n) is 7.26. The summed E-state index contributed by atoms with van der Waals surface area (Å²) < 4.78 is 5.17. The number of aliphatic hydroxyl groups excluding tert-OH is 1. The Morgan fingerprint density at radius 2 is 2.15 bits per heavy atom. The molecule has 1 aromatic rings. The van der Waals surface area contributed by atoms with Gasteiger partial charge in [-0.1, -0.05) is 18.2 Å². The van der Waals surface area contributed by atoms with E-state index in [4.69, 9.17) is 9.84 Å². The first kappa shape index (κ1) is 15.0. The number of carbonyl (C=O) groups is 1. The number of hydrogen-bond acceptors (Lipinski definition) is 3. The van der Waals surface area contributed by atoms with Crippen molar-refractivity contribution >= 4 is 5.91 Å². The minimum atomic E-state index is 0.0656. The van der Waals surface area contributed by atoms with E-state index in [0.717, 1.165) is 24.0 Å². The summed E-state index contributed by atoms with van der Waals surface area (Å²) in [5.41, 5.74) is 1.65. The third kappa shape index (κ3) is 3.38. The molecule has 0 atom stereocenters. The van der Waals surface area contributed by atoms with Crippen LogP contribution >= 0.6 is 0 Å². The molecule has 0 bridgehead atoms. The zero-order chi connectivity index (χ0) is 14.4. The zero-order valence-corrected chi connectivity index (χ0v) is 12.0. The minimum absolute atomic E-state index is 0.0656. The van der Waals surface area contributed by atoms with Crippen molar-refractivity contribution in [2.75, 3.05) is 20.3 Å². The van der Waals surface area contributed by atoms with Crippen LogP contribution in [-0.4, -0.2) is 42.2 Å². The Morgan fingerprint density at radius 3 is 2.75 bits per heavy atom. The van der Waals surface area contributed by atoms with E-state index in [2.05, 4.69) is 0 Å². The highest BCUT2D eigenvalue weighted by Crippen LogP contribution is 2.27. The number of carbonyl (C=O) groups excluding carboxylic acids is 1. The SMILES string of the molecule is COCc1ccccc1C(=O)N(CCCO)C1CCC1. The normalized spacial score (nSPS) is 14.9. The topological polar surface area (TPSA) is 49.8 Å². The summed E-state index contributed by atoms with van der Waals surface area (Å²) in [6, 6.07) is 7.94. The number of nitrogens with zero attached hydrogens (tertiary/aromatic N) is 1. The average molecular weight is 277 g/mol. The van der Waals surface area contributed by atoms with E-state index < -0.39 is 0 Å². The molecule has 0 saturated heterocycles. The first-order valence-corrected chi connectivity index (χ1v) is 7.26. The first-order chi connectivity index (χ1) is 9.77. The molecule has 1 saturated carbocycles. The lowest BCUT2D eigenvalue weighted by atomic mass is 9.90. The molecule has 1 aromatic carbocycles. The van der Waals surface area contributed by atoms with Crippen molar-refractivity contribution in [1.29, 1.82) is 0 Å². The van der Waals surface area contributed by atoms with Gasteiger partial charge in [0.1, 0.15) is 0 Å². The van der Waals surface area contributed by atoms with Gasteiger partial charge in [-0.15, -0.1) is 0 Å². The molecule has 1 fully saturated rings. The highest BCUT2D eigenvalue weighted by molar-refractivity contribution is 5.96. The highest BCUT2D eigenvalue weighted by atomic mass is 16.5. The van der Waals surface area contributed by atoms with Crippen LogP contribution in [0.2, 0.25) is 0 Å². The van der Waals surface area contributed by atoms with E-state index in [1.54, 1.807) is 7.11 Å². The van der Waals surface area contributed by atoms with E-state index in [0.29, 0.717) is 25.6 Å². The molecule has 20 heavy (non-hydrogen) atoms. The van der Waals surface area contributed by atoms with E-state index in [1.807, 2.05) is 29.2 Å². The Morgan fingerprint density at radius 1 is 1.40 bits per heavy atom. The number of rotatable bonds is 7. The quantitative estimate of drug-likeness (QED) is 0.831. The number of hydrogen-bond donors (Lipinski definition) is 1. The summed E-state index contributed by atoms with van der Waals surface area (Å²) in [4.78, 5) is 14.7. The van der Waals surface area contributed by atoms with Gasteiger partial charge in [0.2, 0.25) is 0 Å². The molecule has 0 aliphatic heterocycles. The Kier molecular flexibility index (Phi) is 5.56. The van der Waals surface area contributed by atoms with Crippen LogP contribution in [0, 0.1) is 0 Å². The van der Waals surface area contributed by atoms with Crippen LogP contribution in [-0.2, 0) is 11.3 Å². The third-order valence-electron chi connectivity index (χ3n) is 3.88. The molecule has 1 amide bonds. The molecular weight excluding hydrogens is 254 g/mol. The second-order valence-electron chi connectivity index (χ2n) is 5.25. The Bertz CT molecular complexity index is 443. The van der Waals surface area contributed by atoms with Gasteiger partial charge in [-0.25, -0.2) is 0 Å². The molecule has 1 aliphatic rings. The van der Waals surface area contributed by atoms with Crippen molar-refractivity contribution in [3.05, 3.63) is 35.4 Å². The van der Waals surface area contributed by atoms with Gasteiger partial charge >= 0.3 is 0 Å². The van der Waals surface area contributed by atoms with Crippen molar-refractivity contribution in [3.8, 4) is 0 Å². The van der Waals surface area contributed by atoms with Crippen LogP contribution < -0.4 is 0 Å². The lowest BCUT2D eigenvalue weighted by Gasteiger charge is -2.38. The fraction of sp³-hybridized carbons (Fsp3) is 0.562. The number of amides is 1. The predicted molar refractivity (Wildman–Crippen MR) is 77.5 cm³/mol. The standard InChI is InChI=1S/C16H23NO3/c1-20-12-13-6-2-3-9-15(13)16(19)17(10-5-11-18)14-7-4-8-14/h2-3,6,9,14,18H,4-5,7-8,10-12H2,1H3. The van der Waals surface area contributed by atoms with Crippen LogP contribution in [0.1, 0.15) is 41.6 Å². The van der Waals surface area contributed by atoms with E-state index in [1.165, 1.54) is 6.42 Å². The summed E-state index contributed by atoms with van der Waals surface area (Å²) in [5, 5.41) is 9.02. The number of methoxy groups -OCH3 is 1. The molecule has 0 aromatic heterocycles. The van der Waals surface area contributed by atoms with Crippen molar-refractivity contribution in [2.24, 2.45) is 0 Å². The largest absolute Gasteiger partial charge is 0.396 e. The molecule has 0 spiro atoms. The van der Waals surface area contributed by atoms with Crippen molar-refractivity contribution < 1.29 is 14.6 Å². The number of benzene rings is 1. The molecule has 4 heteroatoms. The van der Waals surface area contributed by atoms with Crippen LogP contribution in [0.25, 0.3) is 0 Å². The average Bonchev–Trinajstić information content (AvgIpc) is 2.41. The molecule has 1 N–H and O–H groups in total. The fourth-order valence-electron chi connectivity index (χ4n) is 2.55. The van der Waals surface area contributed by atoms with Crippen molar-refractivity contribution in [3.63, 3.8) is 0 Å². The third-order valence-corrected chi connectivity index (χ3v) is 3.88. The minimum Gasteiger partial charge on any atom is -0.396 e. The van der Waals surface area contributed by atoms with Gasteiger partial charge < -0.3 is 14.7 Å². The highest BCUT2D eigenvalue weighted by Gasteiger charge is 2.29. The van der Waals surface area contributed by atoms with Crippen LogP contribution in [0.4, 0.5) is 0 Å². The van der Waals surface area contributed by atoms with Gasteiger partial charge in [-0.2, -0.15) is 0 Å². The van der Waals surface area contributed by atoms with E-state index in [-0.39, 0.29) is 12.5 Å². The van der Waals surface area contributed by atoms with Crippen LogP contribution in [0.5, 0.6) is 0 Å². The summed E-state index contributed by atoms with van der Waals surface area (Å²) in [6.45, 7) is 1.19. The van der Waals surface area contributed by atoms with Crippen molar-refractivity contribution in [1.82, 2.24) is 4.90 Å². The molecule has 1 aliphatic carbocycles. The zero-order valence-electron chi connectivity index (χ0n) is 12.0. The summed E-state index contributed by atoms with van der Waals surface area (Å²) in [5.74, 6) is 0.0656. The Balaban J connectivity index is 2.17. The maximum absolute atomic E-state index is 12.8. The molecule has 2 rings (SSSR count). The summed E-state index contributed by atoms with van der Waals surface area (Å²) in [6.07, 6.45) is 3.97. The monoisotopic (exact) mass is 277 g/mol. The van der Waals surface area contributed by atoms with Gasteiger partial charge in [0.15, 0.2) is 0 Å². The maximum atomic E-state index is 12.8. The van der Waals surface area contributed by atoms with Crippen molar-refractivity contribution in [2.45, 2.75) is 38.3 Å². The summed E-state index contributed by atoms with van der Waals surface area (Å²) in [7, 11) is 1.64. The molecule has 110 valence electrons. The second-order valence-corrected chi connectivity index (χ2v) is 5.25. The van der Waals surface area contributed by atoms with Crippen LogP contribution in [0.3, 0.4) is 0 Å². The molecule has 4 nitrogen and oxygen atoms in total. The fourth-order valence-corrected chi connectivity index (χ4v) is 2.55. The Labute approximate surface area is 120 Å². The Hall–Kier alpha value is -1.39. The summed E-state index contributed by atoms with van der Waals surface area (Å²) >= 11 is 0. The maximum Gasteiger partial charge on any atom is 0.254 e. The van der Waals surface area contributed by atoms with Gasteiger partial charge in [-0.3, -0.25) is 4.79 Å². The number of ether oxygens (including phenoxy) is 1.